The fourth-order valence-corrected chi connectivity index (χ4v) is 4.72. The molecule has 0 saturated heterocycles. The summed E-state index contributed by atoms with van der Waals surface area (Å²) in [5.74, 6) is -1.30. The van der Waals surface area contributed by atoms with E-state index in [1.54, 1.807) is 19.9 Å². The predicted molar refractivity (Wildman–Crippen MR) is 127 cm³/mol. The highest BCUT2D eigenvalue weighted by Gasteiger charge is 2.32. The number of aromatic nitrogens is 2. The Balaban J connectivity index is 2.10. The minimum Gasteiger partial charge on any atom is -0.476 e. The molecule has 0 bridgehead atoms. The number of hydrogen-bond donors (Lipinski definition) is 3. The van der Waals surface area contributed by atoms with Crippen LogP contribution in [0, 0.1) is 12.8 Å². The van der Waals surface area contributed by atoms with Crippen molar-refractivity contribution in [3.63, 3.8) is 0 Å². The zero-order valence-corrected chi connectivity index (χ0v) is 21.1. The molecule has 1 fully saturated rings. The number of carbonyl (C=O) groups is 2. The molecule has 3 rings (SSSR count). The van der Waals surface area contributed by atoms with Crippen molar-refractivity contribution in [3.8, 4) is 11.6 Å². The maximum atomic E-state index is 13.3. The van der Waals surface area contributed by atoms with Gasteiger partial charge in [-0.1, -0.05) is 6.92 Å². The fraction of sp³-hybridized carbons (Fsp3) is 0.522. The number of anilines is 1. The summed E-state index contributed by atoms with van der Waals surface area (Å²) >= 11 is 0. The van der Waals surface area contributed by atoms with Gasteiger partial charge in [0.2, 0.25) is 21.8 Å². The molecule has 10 nitrogen and oxygen atoms in total. The van der Waals surface area contributed by atoms with Gasteiger partial charge in [-0.05, 0) is 72.1 Å². The van der Waals surface area contributed by atoms with Crippen molar-refractivity contribution in [2.24, 2.45) is 5.92 Å². The lowest BCUT2D eigenvalue weighted by molar-refractivity contribution is -0.117. The van der Waals surface area contributed by atoms with Crippen molar-refractivity contribution in [2.45, 2.75) is 77.3 Å². The zero-order valence-electron chi connectivity index (χ0n) is 20.3. The summed E-state index contributed by atoms with van der Waals surface area (Å²) < 4.78 is 36.6. The van der Waals surface area contributed by atoms with E-state index in [0.717, 1.165) is 12.8 Å². The summed E-state index contributed by atoms with van der Waals surface area (Å²) in [5.41, 5.74) is -0.215. The van der Waals surface area contributed by atoms with Crippen molar-refractivity contribution >= 4 is 27.6 Å². The van der Waals surface area contributed by atoms with Gasteiger partial charge in [-0.2, -0.15) is 5.10 Å². The summed E-state index contributed by atoms with van der Waals surface area (Å²) in [5, 5.41) is 16.5. The molecule has 11 heteroatoms. The van der Waals surface area contributed by atoms with Gasteiger partial charge < -0.3 is 15.2 Å². The molecule has 1 amide bonds. The van der Waals surface area contributed by atoms with E-state index < -0.39 is 21.5 Å². The Morgan fingerprint density at radius 2 is 1.94 bits per heavy atom. The van der Waals surface area contributed by atoms with Gasteiger partial charge in [0.15, 0.2) is 5.69 Å². The quantitative estimate of drug-likeness (QED) is 0.483. The van der Waals surface area contributed by atoms with Crippen molar-refractivity contribution < 1.29 is 27.9 Å². The molecule has 34 heavy (non-hydrogen) atoms. The first kappa shape index (κ1) is 25.7. The highest BCUT2D eigenvalue weighted by Crippen LogP contribution is 2.37. The minimum atomic E-state index is -4.03. The average molecular weight is 493 g/mol. The van der Waals surface area contributed by atoms with E-state index in [1.807, 2.05) is 27.7 Å². The van der Waals surface area contributed by atoms with Crippen LogP contribution in [0.5, 0.6) is 11.6 Å². The highest BCUT2D eigenvalue weighted by molar-refractivity contribution is 7.89. The molecule has 1 heterocycles. The van der Waals surface area contributed by atoms with Gasteiger partial charge >= 0.3 is 5.97 Å². The summed E-state index contributed by atoms with van der Waals surface area (Å²) in [6.07, 6.45) is 2.21. The van der Waals surface area contributed by atoms with Crippen molar-refractivity contribution in [2.75, 3.05) is 5.32 Å². The number of rotatable bonds is 9. The lowest BCUT2D eigenvalue weighted by Crippen LogP contribution is -2.32. The lowest BCUT2D eigenvalue weighted by Gasteiger charge is -2.23. The Labute approximate surface area is 199 Å². The standard InChI is InChI=1S/C23H32N4O6S/c1-7-13(2)26-34(31,32)18-12-16(24-20(28)15-8-9-15)10-11-17(18)33-21-14(3)19(22(29)30)25-27(21)23(4,5)6/h10-13,15,26H,7-9H2,1-6H3,(H,24,28)(H,29,30). The monoisotopic (exact) mass is 492 g/mol. The first-order valence-corrected chi connectivity index (χ1v) is 12.7. The zero-order chi connectivity index (χ0) is 25.4. The molecule has 0 aliphatic heterocycles. The number of benzene rings is 1. The topological polar surface area (TPSA) is 140 Å². The van der Waals surface area contributed by atoms with Gasteiger partial charge in [0.1, 0.15) is 10.6 Å². The molecule has 2 aromatic rings. The van der Waals surface area contributed by atoms with Gasteiger partial charge in [0.25, 0.3) is 0 Å². The molecule has 1 aliphatic rings. The Hall–Kier alpha value is -2.92. The Kier molecular flexibility index (Phi) is 7.09. The van der Waals surface area contributed by atoms with E-state index in [1.165, 1.54) is 16.8 Å². The van der Waals surface area contributed by atoms with Crippen LogP contribution in [0.15, 0.2) is 23.1 Å². The van der Waals surface area contributed by atoms with Crippen LogP contribution >= 0.6 is 0 Å². The van der Waals surface area contributed by atoms with Gasteiger partial charge in [-0.15, -0.1) is 0 Å². The highest BCUT2D eigenvalue weighted by atomic mass is 32.2. The normalized spacial score (nSPS) is 15.1. The van der Waals surface area contributed by atoms with Gasteiger partial charge in [-0.3, -0.25) is 4.79 Å². The number of carboxylic acids is 1. The third-order valence-electron chi connectivity index (χ3n) is 5.53. The number of amides is 1. The molecule has 1 aromatic carbocycles. The Morgan fingerprint density at radius 1 is 1.29 bits per heavy atom. The predicted octanol–water partition coefficient (Wildman–Crippen LogP) is 3.86. The smallest absolute Gasteiger partial charge is 0.356 e. The van der Waals surface area contributed by atoms with Gasteiger partial charge in [0, 0.05) is 23.2 Å². The fourth-order valence-electron chi connectivity index (χ4n) is 3.24. The second kappa shape index (κ2) is 9.38. The number of nitrogens with one attached hydrogen (secondary N) is 2. The molecule has 1 aromatic heterocycles. The van der Waals surface area contributed by atoms with Gasteiger partial charge in [-0.25, -0.2) is 22.6 Å². The molecule has 1 atom stereocenters. The van der Waals surface area contributed by atoms with Crippen LogP contribution in [0.4, 0.5) is 5.69 Å². The second-order valence-corrected chi connectivity index (χ2v) is 11.3. The van der Waals surface area contributed by atoms with Crippen molar-refractivity contribution in [3.05, 3.63) is 29.5 Å². The number of carboxylic acid groups (broad SMARTS) is 1. The average Bonchev–Trinajstić information content (AvgIpc) is 3.52. The van der Waals surface area contributed by atoms with Crippen molar-refractivity contribution in [1.82, 2.24) is 14.5 Å². The SMILES string of the molecule is CCC(C)NS(=O)(=O)c1cc(NC(=O)C2CC2)ccc1Oc1c(C)c(C(=O)O)nn1C(C)(C)C. The minimum absolute atomic E-state index is 0.00865. The summed E-state index contributed by atoms with van der Waals surface area (Å²) in [6.45, 7) is 10.7. The van der Waals surface area contributed by atoms with E-state index in [9.17, 15) is 23.1 Å². The maximum absolute atomic E-state index is 13.3. The number of sulfonamides is 1. The molecule has 3 N–H and O–H groups in total. The van der Waals surface area contributed by atoms with Crippen LogP contribution in [0.2, 0.25) is 0 Å². The number of hydrogen-bond acceptors (Lipinski definition) is 6. The lowest BCUT2D eigenvalue weighted by atomic mass is 10.1. The van der Waals surface area contributed by atoms with Gasteiger partial charge in [0.05, 0.1) is 5.54 Å². The number of ether oxygens (including phenoxy) is 1. The molecule has 0 radical (unpaired) electrons. The maximum Gasteiger partial charge on any atom is 0.356 e. The molecular formula is C23H32N4O6S. The molecule has 186 valence electrons. The van der Waals surface area contributed by atoms with E-state index in [2.05, 4.69) is 15.1 Å². The largest absolute Gasteiger partial charge is 0.476 e. The second-order valence-electron chi connectivity index (χ2n) is 9.62. The molecule has 1 aliphatic carbocycles. The number of aromatic carboxylic acids is 1. The molecule has 1 saturated carbocycles. The van der Waals surface area contributed by atoms with Crippen LogP contribution in [0.1, 0.15) is 69.9 Å². The summed E-state index contributed by atoms with van der Waals surface area (Å²) in [4.78, 5) is 23.7. The third kappa shape index (κ3) is 5.58. The first-order chi connectivity index (χ1) is 15.7. The number of carbonyl (C=O) groups excluding carboxylic acids is 1. The Morgan fingerprint density at radius 3 is 2.47 bits per heavy atom. The molecule has 0 spiro atoms. The first-order valence-electron chi connectivity index (χ1n) is 11.2. The van der Waals surface area contributed by atoms with Crippen LogP contribution in [-0.2, 0) is 20.4 Å². The summed E-state index contributed by atoms with van der Waals surface area (Å²) in [6, 6.07) is 4.03. The van der Waals surface area contributed by atoms with E-state index >= 15 is 0 Å². The molecule has 1 unspecified atom stereocenters. The van der Waals surface area contributed by atoms with E-state index in [0.29, 0.717) is 12.1 Å². The number of nitrogens with zero attached hydrogens (tertiary/aromatic N) is 2. The van der Waals surface area contributed by atoms with Crippen LogP contribution in [0.3, 0.4) is 0 Å². The molecular weight excluding hydrogens is 460 g/mol. The van der Waals surface area contributed by atoms with Crippen LogP contribution in [0.25, 0.3) is 0 Å². The van der Waals surface area contributed by atoms with Crippen LogP contribution < -0.4 is 14.8 Å². The third-order valence-corrected chi connectivity index (χ3v) is 7.14. The Bertz CT molecular complexity index is 1210. The van der Waals surface area contributed by atoms with Crippen molar-refractivity contribution in [1.29, 1.82) is 0 Å². The van der Waals surface area contributed by atoms with Crippen LogP contribution in [-0.4, -0.2) is 41.2 Å². The summed E-state index contributed by atoms with van der Waals surface area (Å²) in [7, 11) is -4.03. The van der Waals surface area contributed by atoms with E-state index in [-0.39, 0.29) is 45.6 Å². The van der Waals surface area contributed by atoms with E-state index in [4.69, 9.17) is 4.74 Å².